The van der Waals surface area contributed by atoms with E-state index in [-0.39, 0.29) is 16.7 Å². The van der Waals surface area contributed by atoms with Crippen LogP contribution in [0.4, 0.5) is 5.69 Å². The van der Waals surface area contributed by atoms with Crippen molar-refractivity contribution in [2.45, 2.75) is 5.03 Å². The molecule has 2 aromatic rings. The van der Waals surface area contributed by atoms with Gasteiger partial charge in [-0.25, -0.2) is 9.89 Å². The Labute approximate surface area is 139 Å². The molecule has 10 heteroatoms. The van der Waals surface area contributed by atoms with Crippen molar-refractivity contribution in [1.82, 2.24) is 15.2 Å². The quantitative estimate of drug-likeness (QED) is 0.633. The molecule has 3 N–H and O–H groups in total. The first-order valence-corrected chi connectivity index (χ1v) is 8.09. The Balaban J connectivity index is 1.99. The third-order valence-electron chi connectivity index (χ3n) is 2.23. The van der Waals surface area contributed by atoms with Crippen LogP contribution in [0.1, 0.15) is 0 Å². The van der Waals surface area contributed by atoms with Crippen LogP contribution in [0, 0.1) is 0 Å². The highest BCUT2D eigenvalue weighted by atomic mass is 79.9. The molecule has 0 aliphatic rings. The summed E-state index contributed by atoms with van der Waals surface area (Å²) in [5.41, 5.74) is -0.693. The molecule has 1 heterocycles. The highest BCUT2D eigenvalue weighted by Crippen LogP contribution is 2.26. The number of hydrogen-bond donors (Lipinski definition) is 3. The van der Waals surface area contributed by atoms with Crippen molar-refractivity contribution in [3.63, 3.8) is 0 Å². The molecule has 0 aliphatic carbocycles. The van der Waals surface area contributed by atoms with Gasteiger partial charge in [0.05, 0.1) is 11.4 Å². The molecule has 0 aliphatic heterocycles. The van der Waals surface area contributed by atoms with E-state index < -0.39 is 11.2 Å². The highest BCUT2D eigenvalue weighted by Gasteiger charge is 2.09. The third-order valence-corrected chi connectivity index (χ3v) is 4.33. The number of anilines is 1. The Hall–Kier alpha value is -1.39. The van der Waals surface area contributed by atoms with Crippen LogP contribution in [-0.4, -0.2) is 26.8 Å². The molecule has 0 unspecified atom stereocenters. The summed E-state index contributed by atoms with van der Waals surface area (Å²) >= 11 is 7.58. The van der Waals surface area contributed by atoms with E-state index in [1.807, 2.05) is 4.98 Å². The van der Waals surface area contributed by atoms with E-state index in [1.165, 1.54) is 0 Å². The second-order valence-corrected chi connectivity index (χ2v) is 6.51. The van der Waals surface area contributed by atoms with Crippen LogP contribution < -0.4 is 16.6 Å². The smallest absolute Gasteiger partial charge is 0.324 e. The number of nitrogens with one attached hydrogen (secondary N) is 3. The van der Waals surface area contributed by atoms with E-state index in [9.17, 15) is 14.4 Å². The molecule has 0 radical (unpaired) electrons. The predicted molar refractivity (Wildman–Crippen MR) is 86.7 cm³/mol. The Kier molecular flexibility index (Phi) is 5.37. The zero-order valence-corrected chi connectivity index (χ0v) is 14.3. The summed E-state index contributed by atoms with van der Waals surface area (Å²) in [6, 6.07) is 5.33. The van der Waals surface area contributed by atoms with E-state index in [0.29, 0.717) is 5.69 Å². The largest absolute Gasteiger partial charge is 0.342 e. The van der Waals surface area contributed by atoms with Gasteiger partial charge in [0.2, 0.25) is 5.91 Å². The van der Waals surface area contributed by atoms with Gasteiger partial charge in [-0.3, -0.25) is 14.6 Å². The van der Waals surface area contributed by atoms with Crippen LogP contribution >= 0.6 is 43.6 Å². The van der Waals surface area contributed by atoms with Crippen LogP contribution in [0.25, 0.3) is 0 Å². The Morgan fingerprint density at radius 1 is 1.33 bits per heavy atom. The number of halogens is 2. The zero-order valence-electron chi connectivity index (χ0n) is 10.3. The molecule has 21 heavy (non-hydrogen) atoms. The Morgan fingerprint density at radius 2 is 2.10 bits per heavy atom. The number of nitrogens with zero attached hydrogens (tertiary/aromatic N) is 1. The van der Waals surface area contributed by atoms with E-state index in [0.717, 1.165) is 20.7 Å². The average Bonchev–Trinajstić information content (AvgIpc) is 2.41. The second-order valence-electron chi connectivity index (χ2n) is 3.77. The van der Waals surface area contributed by atoms with Gasteiger partial charge in [-0.05, 0) is 34.1 Å². The minimum Gasteiger partial charge on any atom is -0.324 e. The number of benzene rings is 1. The standard InChI is InChI=1S/C11H8Br2N4O3S/c12-5-1-2-7(6(13)3-5)14-8(18)4-21-10-9(19)15-11(20)17-16-10/h1-3H,4H2,(H,14,18)(H2,15,17,19,20). The summed E-state index contributed by atoms with van der Waals surface area (Å²) in [4.78, 5) is 36.1. The summed E-state index contributed by atoms with van der Waals surface area (Å²) < 4.78 is 1.61. The maximum Gasteiger partial charge on any atom is 0.342 e. The number of H-pyrrole nitrogens is 2. The van der Waals surface area contributed by atoms with Gasteiger partial charge in [-0.15, -0.1) is 0 Å². The van der Waals surface area contributed by atoms with Gasteiger partial charge in [-0.1, -0.05) is 27.7 Å². The molecule has 2 rings (SSSR count). The lowest BCUT2D eigenvalue weighted by atomic mass is 10.3. The summed E-state index contributed by atoms with van der Waals surface area (Å²) in [6.45, 7) is 0. The van der Waals surface area contributed by atoms with Gasteiger partial charge >= 0.3 is 5.69 Å². The van der Waals surface area contributed by atoms with Crippen molar-refractivity contribution in [3.05, 3.63) is 48.0 Å². The van der Waals surface area contributed by atoms with Crippen LogP contribution in [0.15, 0.2) is 41.8 Å². The summed E-state index contributed by atoms with van der Waals surface area (Å²) in [5, 5.41) is 8.40. The minimum atomic E-state index is -0.687. The van der Waals surface area contributed by atoms with Crippen LogP contribution in [0.2, 0.25) is 0 Å². The summed E-state index contributed by atoms with van der Waals surface area (Å²) in [5.74, 6) is -0.305. The predicted octanol–water partition coefficient (Wildman–Crippen LogP) is 1.71. The normalized spacial score (nSPS) is 10.4. The molecule has 0 saturated heterocycles. The fraction of sp³-hybridized carbons (Fsp3) is 0.0909. The second kappa shape index (κ2) is 7.05. The van der Waals surface area contributed by atoms with Gasteiger partial charge < -0.3 is 5.32 Å². The molecule has 0 spiro atoms. The molecule has 0 saturated carbocycles. The van der Waals surface area contributed by atoms with Crippen LogP contribution in [0.5, 0.6) is 0 Å². The number of amides is 1. The number of carbonyl (C=O) groups is 1. The topological polar surface area (TPSA) is 108 Å². The van der Waals surface area contributed by atoms with Gasteiger partial charge in [0.1, 0.15) is 0 Å². The fourth-order valence-electron chi connectivity index (χ4n) is 1.35. The lowest BCUT2D eigenvalue weighted by Gasteiger charge is -2.07. The molecular weight excluding hydrogens is 428 g/mol. The third kappa shape index (κ3) is 4.55. The van der Waals surface area contributed by atoms with Gasteiger partial charge in [0.25, 0.3) is 5.56 Å². The van der Waals surface area contributed by atoms with Crippen molar-refractivity contribution < 1.29 is 4.79 Å². The monoisotopic (exact) mass is 434 g/mol. The lowest BCUT2D eigenvalue weighted by Crippen LogP contribution is -2.25. The van der Waals surface area contributed by atoms with Gasteiger partial charge in [-0.2, -0.15) is 5.10 Å². The number of carbonyl (C=O) groups excluding carboxylic acids is 1. The van der Waals surface area contributed by atoms with Gasteiger partial charge in [0.15, 0.2) is 5.03 Å². The first-order valence-electron chi connectivity index (χ1n) is 5.52. The van der Waals surface area contributed by atoms with Crippen molar-refractivity contribution in [2.24, 2.45) is 0 Å². The van der Waals surface area contributed by atoms with E-state index >= 15 is 0 Å². The van der Waals surface area contributed by atoms with Crippen LogP contribution in [0.3, 0.4) is 0 Å². The molecule has 7 nitrogen and oxygen atoms in total. The first-order chi connectivity index (χ1) is 9.95. The van der Waals surface area contributed by atoms with Gasteiger partial charge in [0, 0.05) is 8.95 Å². The number of aromatic amines is 2. The summed E-state index contributed by atoms with van der Waals surface area (Å²) in [6.07, 6.45) is 0. The Morgan fingerprint density at radius 3 is 2.76 bits per heavy atom. The molecule has 1 aromatic carbocycles. The van der Waals surface area contributed by atoms with E-state index in [1.54, 1.807) is 18.2 Å². The molecule has 0 fully saturated rings. The molecular formula is C11H8Br2N4O3S. The number of rotatable bonds is 4. The number of hydrogen-bond acceptors (Lipinski definition) is 5. The zero-order chi connectivity index (χ0) is 15.4. The minimum absolute atomic E-state index is 0.00930. The average molecular weight is 436 g/mol. The maximum absolute atomic E-state index is 11.8. The molecule has 0 atom stereocenters. The van der Waals surface area contributed by atoms with Crippen molar-refractivity contribution in [2.75, 3.05) is 11.1 Å². The SMILES string of the molecule is O=C(CSc1n[nH]c(=O)[nH]c1=O)Nc1ccc(Br)cc1Br. The molecule has 1 aromatic heterocycles. The first kappa shape index (κ1) is 16.0. The lowest BCUT2D eigenvalue weighted by molar-refractivity contribution is -0.113. The highest BCUT2D eigenvalue weighted by molar-refractivity contribution is 9.11. The molecule has 1 amide bonds. The van der Waals surface area contributed by atoms with Crippen LogP contribution in [-0.2, 0) is 4.79 Å². The summed E-state index contributed by atoms with van der Waals surface area (Å²) in [7, 11) is 0. The van der Waals surface area contributed by atoms with Crippen molar-refractivity contribution >= 4 is 55.2 Å². The molecule has 0 bridgehead atoms. The number of aromatic nitrogens is 3. The number of thioether (sulfide) groups is 1. The molecule has 110 valence electrons. The van der Waals surface area contributed by atoms with Crippen molar-refractivity contribution in [3.8, 4) is 0 Å². The Bertz CT molecular complexity index is 790. The van der Waals surface area contributed by atoms with E-state index in [2.05, 4.69) is 47.4 Å². The fourth-order valence-corrected chi connectivity index (χ4v) is 3.12. The van der Waals surface area contributed by atoms with E-state index in [4.69, 9.17) is 0 Å². The van der Waals surface area contributed by atoms with Crippen molar-refractivity contribution in [1.29, 1.82) is 0 Å². The maximum atomic E-state index is 11.8.